The molecule has 0 bridgehead atoms. The van der Waals surface area contributed by atoms with E-state index in [-0.39, 0.29) is 18.2 Å². The molecular weight excluding hydrogens is 320 g/mol. The summed E-state index contributed by atoms with van der Waals surface area (Å²) in [5.41, 5.74) is 0.630. The lowest BCUT2D eigenvalue weighted by atomic mass is 10.3. The van der Waals surface area contributed by atoms with Crippen molar-refractivity contribution in [3.8, 4) is 0 Å². The van der Waals surface area contributed by atoms with Gasteiger partial charge < -0.3 is 5.32 Å². The first-order valence-electron chi connectivity index (χ1n) is 5.34. The van der Waals surface area contributed by atoms with Gasteiger partial charge in [0.05, 0.1) is 12.3 Å². The highest BCUT2D eigenvalue weighted by atomic mass is 79.9. The molecular formula is C11H15BrN2O3S. The van der Waals surface area contributed by atoms with E-state index in [2.05, 4.69) is 21.2 Å². The van der Waals surface area contributed by atoms with Crippen LogP contribution in [0.15, 0.2) is 28.7 Å². The molecule has 0 aliphatic heterocycles. The van der Waals surface area contributed by atoms with Crippen molar-refractivity contribution in [3.05, 3.63) is 28.7 Å². The van der Waals surface area contributed by atoms with Crippen molar-refractivity contribution in [1.29, 1.82) is 0 Å². The van der Waals surface area contributed by atoms with E-state index < -0.39 is 10.0 Å². The highest BCUT2D eigenvalue weighted by molar-refractivity contribution is 9.10. The van der Waals surface area contributed by atoms with Crippen LogP contribution in [-0.2, 0) is 14.8 Å². The van der Waals surface area contributed by atoms with E-state index in [4.69, 9.17) is 0 Å². The summed E-state index contributed by atoms with van der Waals surface area (Å²) in [5.74, 6) is -0.383. The summed E-state index contributed by atoms with van der Waals surface area (Å²) in [5, 5.41) is 2.63. The summed E-state index contributed by atoms with van der Waals surface area (Å²) in [6.07, 6.45) is 0. The molecule has 0 heterocycles. The number of hydrogen-bond acceptors (Lipinski definition) is 3. The third kappa shape index (κ3) is 4.40. The summed E-state index contributed by atoms with van der Waals surface area (Å²) < 4.78 is 24.9. The van der Waals surface area contributed by atoms with Crippen LogP contribution in [0.5, 0.6) is 0 Å². The highest BCUT2D eigenvalue weighted by Crippen LogP contribution is 2.14. The molecule has 0 fully saturated rings. The summed E-state index contributed by atoms with van der Waals surface area (Å²) >= 11 is 3.29. The van der Waals surface area contributed by atoms with Gasteiger partial charge in [0, 0.05) is 17.2 Å². The third-order valence-corrected chi connectivity index (χ3v) is 4.67. The van der Waals surface area contributed by atoms with Gasteiger partial charge in [0.2, 0.25) is 15.9 Å². The fourth-order valence-electron chi connectivity index (χ4n) is 1.25. The van der Waals surface area contributed by atoms with Gasteiger partial charge in [-0.15, -0.1) is 0 Å². The number of anilines is 1. The van der Waals surface area contributed by atoms with E-state index in [9.17, 15) is 13.2 Å². The van der Waals surface area contributed by atoms with Gasteiger partial charge >= 0.3 is 0 Å². The van der Waals surface area contributed by atoms with Gasteiger partial charge in [-0.2, -0.15) is 4.31 Å². The van der Waals surface area contributed by atoms with E-state index in [0.29, 0.717) is 5.69 Å². The number of amides is 1. The van der Waals surface area contributed by atoms with Crippen LogP contribution in [0.2, 0.25) is 0 Å². The molecule has 0 aromatic heterocycles. The molecule has 0 radical (unpaired) electrons. The van der Waals surface area contributed by atoms with Gasteiger partial charge in [0.15, 0.2) is 0 Å². The number of carbonyl (C=O) groups is 1. The monoisotopic (exact) mass is 334 g/mol. The molecule has 5 nitrogen and oxygen atoms in total. The summed E-state index contributed by atoms with van der Waals surface area (Å²) in [6.45, 7) is 1.35. The molecule has 0 atom stereocenters. The summed E-state index contributed by atoms with van der Waals surface area (Å²) in [4.78, 5) is 11.6. The molecule has 0 aliphatic carbocycles. The first-order chi connectivity index (χ1) is 8.35. The maximum absolute atomic E-state index is 11.6. The number of nitrogens with one attached hydrogen (secondary N) is 1. The molecule has 100 valence electrons. The fourth-order valence-corrected chi connectivity index (χ4v) is 2.27. The average molecular weight is 335 g/mol. The zero-order valence-electron chi connectivity index (χ0n) is 10.2. The Morgan fingerprint density at radius 1 is 1.33 bits per heavy atom. The number of halogens is 1. The summed E-state index contributed by atoms with van der Waals surface area (Å²) in [7, 11) is -1.94. The van der Waals surface area contributed by atoms with E-state index in [0.717, 1.165) is 8.78 Å². The lowest BCUT2D eigenvalue weighted by molar-refractivity contribution is -0.116. The number of rotatable bonds is 5. The Hall–Kier alpha value is -0.920. The quantitative estimate of drug-likeness (QED) is 0.890. The Balaban J connectivity index is 2.60. The maximum Gasteiger partial charge on any atom is 0.239 e. The minimum Gasteiger partial charge on any atom is -0.325 e. The van der Waals surface area contributed by atoms with E-state index in [1.807, 2.05) is 0 Å². The molecule has 18 heavy (non-hydrogen) atoms. The Morgan fingerprint density at radius 2 is 1.89 bits per heavy atom. The Labute approximate surface area is 115 Å². The Morgan fingerprint density at radius 3 is 2.39 bits per heavy atom. The van der Waals surface area contributed by atoms with E-state index in [1.54, 1.807) is 31.2 Å². The van der Waals surface area contributed by atoms with Crippen LogP contribution in [0.25, 0.3) is 0 Å². The van der Waals surface area contributed by atoms with Gasteiger partial charge in [-0.1, -0.05) is 15.9 Å². The zero-order valence-corrected chi connectivity index (χ0v) is 12.6. The Bertz CT molecular complexity index is 514. The van der Waals surface area contributed by atoms with Crippen molar-refractivity contribution >= 4 is 37.5 Å². The van der Waals surface area contributed by atoms with Gasteiger partial charge in [-0.3, -0.25) is 4.79 Å². The standard InChI is InChI=1S/C11H15BrN2O3S/c1-3-18(16,17)14(2)8-11(15)13-10-6-4-9(12)5-7-10/h4-7H,3,8H2,1-2H3,(H,13,15). The topological polar surface area (TPSA) is 66.5 Å². The van der Waals surface area contributed by atoms with Crippen molar-refractivity contribution in [2.75, 3.05) is 24.7 Å². The first-order valence-corrected chi connectivity index (χ1v) is 7.75. The number of benzene rings is 1. The smallest absolute Gasteiger partial charge is 0.239 e. The van der Waals surface area contributed by atoms with Crippen molar-refractivity contribution in [3.63, 3.8) is 0 Å². The first kappa shape index (κ1) is 15.1. The molecule has 0 aliphatic rings. The van der Waals surface area contributed by atoms with Gasteiger partial charge in [-0.25, -0.2) is 8.42 Å². The number of nitrogens with zero attached hydrogens (tertiary/aromatic N) is 1. The largest absolute Gasteiger partial charge is 0.325 e. The second-order valence-corrected chi connectivity index (χ2v) is 6.99. The van der Waals surface area contributed by atoms with Crippen LogP contribution in [0.4, 0.5) is 5.69 Å². The minimum absolute atomic E-state index is 0.0188. The number of likely N-dealkylation sites (N-methyl/N-ethyl adjacent to an activating group) is 1. The van der Waals surface area contributed by atoms with Crippen LogP contribution in [0.3, 0.4) is 0 Å². The number of hydrogen-bond donors (Lipinski definition) is 1. The lowest BCUT2D eigenvalue weighted by Crippen LogP contribution is -2.35. The second-order valence-electron chi connectivity index (χ2n) is 3.71. The van der Waals surface area contributed by atoms with E-state index in [1.165, 1.54) is 7.05 Å². The van der Waals surface area contributed by atoms with Crippen LogP contribution >= 0.6 is 15.9 Å². The molecule has 1 aromatic carbocycles. The van der Waals surface area contributed by atoms with Gasteiger partial charge in [0.25, 0.3) is 0 Å². The lowest BCUT2D eigenvalue weighted by Gasteiger charge is -2.15. The third-order valence-electron chi connectivity index (χ3n) is 2.33. The van der Waals surface area contributed by atoms with Crippen molar-refractivity contribution in [2.24, 2.45) is 0 Å². The molecule has 0 saturated carbocycles. The number of carbonyl (C=O) groups excluding carboxylic acids is 1. The zero-order chi connectivity index (χ0) is 13.8. The second kappa shape index (κ2) is 6.31. The molecule has 0 spiro atoms. The van der Waals surface area contributed by atoms with Crippen LogP contribution in [0.1, 0.15) is 6.92 Å². The van der Waals surface area contributed by atoms with Crippen molar-refractivity contribution in [1.82, 2.24) is 4.31 Å². The predicted octanol–water partition coefficient (Wildman–Crippen LogP) is 1.67. The van der Waals surface area contributed by atoms with Crippen LogP contribution in [-0.4, -0.2) is 38.0 Å². The van der Waals surface area contributed by atoms with Crippen molar-refractivity contribution < 1.29 is 13.2 Å². The average Bonchev–Trinajstić information content (AvgIpc) is 2.32. The van der Waals surface area contributed by atoms with E-state index >= 15 is 0 Å². The molecule has 1 rings (SSSR count). The minimum atomic E-state index is -3.33. The highest BCUT2D eigenvalue weighted by Gasteiger charge is 2.18. The van der Waals surface area contributed by atoms with Crippen LogP contribution in [0, 0.1) is 0 Å². The molecule has 0 unspecified atom stereocenters. The molecule has 7 heteroatoms. The predicted molar refractivity (Wildman–Crippen MR) is 74.9 cm³/mol. The molecule has 1 amide bonds. The SMILES string of the molecule is CCS(=O)(=O)N(C)CC(=O)Nc1ccc(Br)cc1. The molecule has 1 aromatic rings. The van der Waals surface area contributed by atoms with Gasteiger partial charge in [-0.05, 0) is 31.2 Å². The molecule has 0 saturated heterocycles. The van der Waals surface area contributed by atoms with Crippen LogP contribution < -0.4 is 5.32 Å². The normalized spacial score (nSPS) is 11.6. The Kier molecular flexibility index (Phi) is 5.30. The fraction of sp³-hybridized carbons (Fsp3) is 0.364. The maximum atomic E-state index is 11.6. The number of sulfonamides is 1. The van der Waals surface area contributed by atoms with Gasteiger partial charge in [0.1, 0.15) is 0 Å². The van der Waals surface area contributed by atoms with Crippen molar-refractivity contribution in [2.45, 2.75) is 6.92 Å². The molecule has 1 N–H and O–H groups in total. The summed E-state index contributed by atoms with van der Waals surface area (Å²) in [6, 6.07) is 7.05.